The molecule has 1 fully saturated rings. The van der Waals surface area contributed by atoms with E-state index in [0.717, 1.165) is 12.3 Å². The van der Waals surface area contributed by atoms with Crippen LogP contribution in [0.15, 0.2) is 18.2 Å². The van der Waals surface area contributed by atoms with Crippen molar-refractivity contribution < 1.29 is 9.66 Å². The highest BCUT2D eigenvalue weighted by Gasteiger charge is 2.15. The molecule has 0 saturated heterocycles. The van der Waals surface area contributed by atoms with E-state index in [1.54, 1.807) is 6.07 Å². The quantitative estimate of drug-likeness (QED) is 0.586. The maximum atomic E-state index is 10.6. The van der Waals surface area contributed by atoms with Crippen molar-refractivity contribution in [2.45, 2.75) is 38.5 Å². The molecule has 2 rings (SSSR count). The summed E-state index contributed by atoms with van der Waals surface area (Å²) < 4.78 is 5.62. The number of benzene rings is 1. The van der Waals surface area contributed by atoms with Crippen molar-refractivity contribution in [2.75, 3.05) is 6.61 Å². The lowest BCUT2D eigenvalue weighted by atomic mass is 9.87. The molecule has 0 aromatic heterocycles. The van der Waals surface area contributed by atoms with E-state index >= 15 is 0 Å². The maximum Gasteiger partial charge on any atom is 0.288 e. The van der Waals surface area contributed by atoms with Crippen molar-refractivity contribution in [1.29, 1.82) is 0 Å². The van der Waals surface area contributed by atoms with Gasteiger partial charge in [0.25, 0.3) is 5.69 Å². The van der Waals surface area contributed by atoms with E-state index in [1.807, 2.05) is 0 Å². The summed E-state index contributed by atoms with van der Waals surface area (Å²) >= 11 is 5.83. The van der Waals surface area contributed by atoms with E-state index in [-0.39, 0.29) is 10.7 Å². The Morgan fingerprint density at radius 3 is 2.68 bits per heavy atom. The molecule has 4 nitrogen and oxygen atoms in total. The zero-order chi connectivity index (χ0) is 13.7. The van der Waals surface area contributed by atoms with Gasteiger partial charge in [0.1, 0.15) is 10.8 Å². The van der Waals surface area contributed by atoms with Crippen LogP contribution in [0.1, 0.15) is 38.5 Å². The van der Waals surface area contributed by atoms with Crippen molar-refractivity contribution in [2.24, 2.45) is 5.92 Å². The molecule has 0 N–H and O–H groups in total. The third-order valence-corrected chi connectivity index (χ3v) is 3.94. The molecule has 0 bridgehead atoms. The standard InChI is InChI=1S/C14H18ClNO3/c15-13-10-12(6-7-14(13)16(17)18)19-9-8-11-4-2-1-3-5-11/h6-7,10-11H,1-5,8-9H2. The number of nitrogens with zero attached hydrogens (tertiary/aromatic N) is 1. The zero-order valence-electron chi connectivity index (χ0n) is 10.8. The van der Waals surface area contributed by atoms with Crippen LogP contribution in [0.2, 0.25) is 5.02 Å². The third kappa shape index (κ3) is 4.10. The van der Waals surface area contributed by atoms with Crippen molar-refractivity contribution >= 4 is 17.3 Å². The highest BCUT2D eigenvalue weighted by Crippen LogP contribution is 2.29. The summed E-state index contributed by atoms with van der Waals surface area (Å²) in [6.07, 6.45) is 7.65. The second kappa shape index (κ2) is 6.75. The summed E-state index contributed by atoms with van der Waals surface area (Å²) in [7, 11) is 0. The molecule has 1 aromatic carbocycles. The van der Waals surface area contributed by atoms with Crippen LogP contribution in [0, 0.1) is 16.0 Å². The van der Waals surface area contributed by atoms with Crippen molar-refractivity contribution in [3.05, 3.63) is 33.3 Å². The molecule has 1 aliphatic carbocycles. The third-order valence-electron chi connectivity index (χ3n) is 3.64. The van der Waals surface area contributed by atoms with Gasteiger partial charge in [-0.2, -0.15) is 0 Å². The van der Waals surface area contributed by atoms with Crippen LogP contribution in [0.3, 0.4) is 0 Å². The number of halogens is 1. The Morgan fingerprint density at radius 1 is 1.32 bits per heavy atom. The summed E-state index contributed by atoms with van der Waals surface area (Å²) in [4.78, 5) is 10.1. The van der Waals surface area contributed by atoms with E-state index in [2.05, 4.69) is 0 Å². The van der Waals surface area contributed by atoms with Gasteiger partial charge in [0.2, 0.25) is 0 Å². The fraction of sp³-hybridized carbons (Fsp3) is 0.571. The molecule has 1 aromatic rings. The summed E-state index contributed by atoms with van der Waals surface area (Å²) in [6, 6.07) is 4.50. The van der Waals surface area contributed by atoms with Crippen LogP contribution in [-0.2, 0) is 0 Å². The molecule has 5 heteroatoms. The van der Waals surface area contributed by atoms with Crippen LogP contribution < -0.4 is 4.74 Å². The first-order valence-electron chi connectivity index (χ1n) is 6.73. The highest BCUT2D eigenvalue weighted by atomic mass is 35.5. The Bertz CT molecular complexity index is 444. The van der Waals surface area contributed by atoms with E-state index < -0.39 is 4.92 Å². The van der Waals surface area contributed by atoms with Gasteiger partial charge in [-0.05, 0) is 18.4 Å². The van der Waals surface area contributed by atoms with Crippen LogP contribution in [0.25, 0.3) is 0 Å². The molecule has 0 amide bonds. The van der Waals surface area contributed by atoms with Gasteiger partial charge in [0.15, 0.2) is 0 Å². The van der Waals surface area contributed by atoms with Crippen molar-refractivity contribution in [3.63, 3.8) is 0 Å². The summed E-state index contributed by atoms with van der Waals surface area (Å²) in [5, 5.41) is 10.8. The fourth-order valence-corrected chi connectivity index (χ4v) is 2.78. The maximum absolute atomic E-state index is 10.6. The fourth-order valence-electron chi connectivity index (χ4n) is 2.54. The summed E-state index contributed by atoms with van der Waals surface area (Å²) in [5.74, 6) is 1.37. The Kier molecular flexibility index (Phi) is 5.02. The molecule has 1 saturated carbocycles. The molecule has 104 valence electrons. The summed E-state index contributed by atoms with van der Waals surface area (Å²) in [6.45, 7) is 0.652. The van der Waals surface area contributed by atoms with E-state index in [1.165, 1.54) is 44.2 Å². The van der Waals surface area contributed by atoms with E-state index in [0.29, 0.717) is 12.4 Å². The highest BCUT2D eigenvalue weighted by molar-refractivity contribution is 6.32. The van der Waals surface area contributed by atoms with Gasteiger partial charge in [-0.3, -0.25) is 10.1 Å². The van der Waals surface area contributed by atoms with Gasteiger partial charge < -0.3 is 4.74 Å². The first kappa shape index (κ1) is 14.1. The average Bonchev–Trinajstić information content (AvgIpc) is 2.39. The van der Waals surface area contributed by atoms with Crippen molar-refractivity contribution in [1.82, 2.24) is 0 Å². The zero-order valence-corrected chi connectivity index (χ0v) is 11.6. The molecular weight excluding hydrogens is 266 g/mol. The molecule has 0 aliphatic heterocycles. The molecular formula is C14H18ClNO3. The number of nitro groups is 1. The first-order chi connectivity index (χ1) is 9.16. The lowest BCUT2D eigenvalue weighted by molar-refractivity contribution is -0.384. The smallest absolute Gasteiger partial charge is 0.288 e. The van der Waals surface area contributed by atoms with Crippen molar-refractivity contribution in [3.8, 4) is 5.75 Å². The SMILES string of the molecule is O=[N+]([O-])c1ccc(OCCC2CCCCC2)cc1Cl. The molecule has 0 unspecified atom stereocenters. The van der Waals surface area contributed by atoms with Gasteiger partial charge >= 0.3 is 0 Å². The Morgan fingerprint density at radius 2 is 2.05 bits per heavy atom. The number of rotatable bonds is 5. The topological polar surface area (TPSA) is 52.4 Å². The Labute approximate surface area is 117 Å². The largest absolute Gasteiger partial charge is 0.494 e. The van der Waals surface area contributed by atoms with Crippen LogP contribution >= 0.6 is 11.6 Å². The lowest BCUT2D eigenvalue weighted by Crippen LogP contribution is -2.10. The van der Waals surface area contributed by atoms with Crippen LogP contribution in [-0.4, -0.2) is 11.5 Å². The van der Waals surface area contributed by atoms with Gasteiger partial charge in [0, 0.05) is 12.1 Å². The molecule has 0 heterocycles. The molecule has 0 radical (unpaired) electrons. The Hall–Kier alpha value is -1.29. The number of hydrogen-bond acceptors (Lipinski definition) is 3. The second-order valence-corrected chi connectivity index (χ2v) is 5.42. The van der Waals surface area contributed by atoms with Crippen LogP contribution in [0.5, 0.6) is 5.75 Å². The van der Waals surface area contributed by atoms with Crippen LogP contribution in [0.4, 0.5) is 5.69 Å². The average molecular weight is 284 g/mol. The molecule has 0 spiro atoms. The predicted molar refractivity (Wildman–Crippen MR) is 74.8 cm³/mol. The number of ether oxygens (including phenoxy) is 1. The van der Waals surface area contributed by atoms with Gasteiger partial charge in [-0.15, -0.1) is 0 Å². The normalized spacial score (nSPS) is 16.3. The van der Waals surface area contributed by atoms with E-state index in [4.69, 9.17) is 16.3 Å². The first-order valence-corrected chi connectivity index (χ1v) is 7.11. The molecule has 19 heavy (non-hydrogen) atoms. The number of hydrogen-bond donors (Lipinski definition) is 0. The molecule has 0 atom stereocenters. The monoisotopic (exact) mass is 283 g/mol. The lowest BCUT2D eigenvalue weighted by Gasteiger charge is -2.21. The number of nitro benzene ring substituents is 1. The minimum absolute atomic E-state index is 0.0821. The second-order valence-electron chi connectivity index (χ2n) is 5.01. The summed E-state index contributed by atoms with van der Waals surface area (Å²) in [5.41, 5.74) is -0.0821. The Balaban J connectivity index is 1.82. The van der Waals surface area contributed by atoms with Gasteiger partial charge in [0.05, 0.1) is 11.5 Å². The molecule has 1 aliphatic rings. The van der Waals surface area contributed by atoms with Gasteiger partial charge in [-0.1, -0.05) is 43.7 Å². The van der Waals surface area contributed by atoms with E-state index in [9.17, 15) is 10.1 Å². The minimum Gasteiger partial charge on any atom is -0.494 e. The minimum atomic E-state index is -0.492. The van der Waals surface area contributed by atoms with Gasteiger partial charge in [-0.25, -0.2) is 0 Å². The predicted octanol–water partition coefficient (Wildman–Crippen LogP) is 4.60.